The van der Waals surface area contributed by atoms with Gasteiger partial charge in [-0.2, -0.15) is 8.78 Å². The van der Waals surface area contributed by atoms with Crippen molar-refractivity contribution in [3.05, 3.63) is 64.7 Å². The first-order valence-electron chi connectivity index (χ1n) is 12.5. The lowest BCUT2D eigenvalue weighted by Crippen LogP contribution is -2.44. The van der Waals surface area contributed by atoms with Crippen molar-refractivity contribution in [2.45, 2.75) is 64.3 Å². The average molecular weight is 529 g/mol. The van der Waals surface area contributed by atoms with Crippen LogP contribution in [0.15, 0.2) is 42.5 Å². The molecule has 1 fully saturated rings. The Morgan fingerprint density at radius 2 is 1.92 bits per heavy atom. The number of carbonyl (C=O) groups excluding carboxylic acids is 4. The Bertz CT molecular complexity index is 1250. The molecule has 202 valence electrons. The Hall–Kier alpha value is -3.66. The van der Waals surface area contributed by atoms with E-state index in [0.717, 1.165) is 12.1 Å². The molecule has 1 saturated carbocycles. The minimum atomic E-state index is -3.80. The van der Waals surface area contributed by atoms with Gasteiger partial charge in [0.1, 0.15) is 18.1 Å². The standard InChI is InChI=1S/C28H30F2N2O6/c1-17(2)37-10-11-38-22-5-3-4-20(13-22)28(29,30)27(36)31-15-18-6-8-23-19(12-18)16-32(26(23)35)24-9-7-21(33)14-25(24)34/h3-6,8,12-13,17,24H,7,9-11,14-16H2,1-2H3,(H,31,36). The number of nitrogens with zero attached hydrogens (tertiary/aromatic N) is 1. The van der Waals surface area contributed by atoms with Crippen molar-refractivity contribution < 1.29 is 37.4 Å². The highest BCUT2D eigenvalue weighted by Crippen LogP contribution is 2.32. The van der Waals surface area contributed by atoms with Gasteiger partial charge < -0.3 is 19.7 Å². The number of ether oxygens (including phenoxy) is 2. The van der Waals surface area contributed by atoms with Crippen molar-refractivity contribution in [2.24, 2.45) is 0 Å². The van der Waals surface area contributed by atoms with Crippen molar-refractivity contribution in [3.8, 4) is 5.75 Å². The summed E-state index contributed by atoms with van der Waals surface area (Å²) in [7, 11) is 0. The number of amides is 2. The summed E-state index contributed by atoms with van der Waals surface area (Å²) in [6, 6.07) is 9.39. The number of benzene rings is 2. The first-order chi connectivity index (χ1) is 18.1. The Balaban J connectivity index is 1.36. The summed E-state index contributed by atoms with van der Waals surface area (Å²) in [5, 5.41) is 2.27. The lowest BCUT2D eigenvalue weighted by molar-refractivity contribution is -0.147. The lowest BCUT2D eigenvalue weighted by atomic mass is 9.92. The Morgan fingerprint density at radius 1 is 1.13 bits per heavy atom. The average Bonchev–Trinajstić information content (AvgIpc) is 3.20. The van der Waals surface area contributed by atoms with Gasteiger partial charge in [0.15, 0.2) is 5.78 Å². The molecule has 0 bridgehead atoms. The summed E-state index contributed by atoms with van der Waals surface area (Å²) in [5.41, 5.74) is 1.10. The molecule has 2 aromatic rings. The summed E-state index contributed by atoms with van der Waals surface area (Å²) in [6.45, 7) is 4.26. The highest BCUT2D eigenvalue weighted by atomic mass is 19.3. The zero-order valence-electron chi connectivity index (χ0n) is 21.3. The zero-order chi connectivity index (χ0) is 27.4. The van der Waals surface area contributed by atoms with Gasteiger partial charge in [-0.3, -0.25) is 19.2 Å². The van der Waals surface area contributed by atoms with Crippen LogP contribution in [0.5, 0.6) is 5.75 Å². The molecule has 1 atom stereocenters. The highest BCUT2D eigenvalue weighted by Gasteiger charge is 2.41. The van der Waals surface area contributed by atoms with Crippen molar-refractivity contribution in [2.75, 3.05) is 13.2 Å². The molecule has 10 heteroatoms. The Kier molecular flexibility index (Phi) is 8.20. The van der Waals surface area contributed by atoms with E-state index in [0.29, 0.717) is 29.7 Å². The number of hydrogen-bond donors (Lipinski definition) is 1. The molecule has 1 heterocycles. The van der Waals surface area contributed by atoms with Crippen molar-refractivity contribution in [1.82, 2.24) is 10.2 Å². The van der Waals surface area contributed by atoms with Crippen molar-refractivity contribution >= 4 is 23.4 Å². The van der Waals surface area contributed by atoms with Crippen LogP contribution in [0.4, 0.5) is 8.78 Å². The minimum absolute atomic E-state index is 0.0242. The van der Waals surface area contributed by atoms with E-state index in [1.807, 2.05) is 13.8 Å². The summed E-state index contributed by atoms with van der Waals surface area (Å²) in [4.78, 5) is 50.6. The number of rotatable bonds is 10. The quantitative estimate of drug-likeness (QED) is 0.374. The van der Waals surface area contributed by atoms with Gasteiger partial charge >= 0.3 is 5.92 Å². The number of hydrogen-bond acceptors (Lipinski definition) is 6. The molecule has 0 aromatic heterocycles. The summed E-state index contributed by atoms with van der Waals surface area (Å²) in [5.74, 6) is -5.75. The number of Topliss-reactive ketones (excluding diaryl/α,β-unsaturated/α-hetero) is 2. The van der Waals surface area contributed by atoms with Crippen LogP contribution in [0.25, 0.3) is 0 Å². The third-order valence-corrected chi connectivity index (χ3v) is 6.56. The van der Waals surface area contributed by atoms with Crippen molar-refractivity contribution in [1.29, 1.82) is 0 Å². The maximum atomic E-state index is 14.9. The van der Waals surface area contributed by atoms with Gasteiger partial charge in [0, 0.05) is 30.6 Å². The second-order valence-corrected chi connectivity index (χ2v) is 9.71. The largest absolute Gasteiger partial charge is 0.491 e. The molecular weight excluding hydrogens is 498 g/mol. The molecule has 0 radical (unpaired) electrons. The SMILES string of the molecule is CC(C)OCCOc1cccc(C(F)(F)C(=O)NCc2ccc3c(c2)CN(C2CCC(=O)CC2=O)C3=O)c1. The van der Waals surface area contributed by atoms with E-state index in [-0.39, 0.29) is 61.9 Å². The fourth-order valence-electron chi connectivity index (χ4n) is 4.60. The van der Waals surface area contributed by atoms with Gasteiger partial charge in [0.25, 0.3) is 11.8 Å². The number of alkyl halides is 2. The second-order valence-electron chi connectivity index (χ2n) is 9.71. The van der Waals surface area contributed by atoms with Crippen LogP contribution < -0.4 is 10.1 Å². The second kappa shape index (κ2) is 11.4. The van der Waals surface area contributed by atoms with Gasteiger partial charge in [0.2, 0.25) is 0 Å². The van der Waals surface area contributed by atoms with E-state index in [1.165, 1.54) is 17.0 Å². The van der Waals surface area contributed by atoms with Crippen LogP contribution in [0, 0.1) is 0 Å². The third kappa shape index (κ3) is 6.07. The van der Waals surface area contributed by atoms with Crippen LogP contribution in [-0.2, 0) is 38.1 Å². The van der Waals surface area contributed by atoms with Gasteiger partial charge in [-0.05, 0) is 49.6 Å². The van der Waals surface area contributed by atoms with Crippen LogP contribution in [0.2, 0.25) is 0 Å². The van der Waals surface area contributed by atoms with Gasteiger partial charge in [-0.25, -0.2) is 0 Å². The first-order valence-corrected chi connectivity index (χ1v) is 12.5. The molecule has 2 aromatic carbocycles. The summed E-state index contributed by atoms with van der Waals surface area (Å²) in [6.07, 6.45) is 0.408. The number of ketones is 2. The topological polar surface area (TPSA) is 102 Å². The van der Waals surface area contributed by atoms with E-state index in [1.54, 1.807) is 18.2 Å². The number of nitrogens with one attached hydrogen (secondary N) is 1. The zero-order valence-corrected chi connectivity index (χ0v) is 21.3. The fraction of sp³-hybridized carbons (Fsp3) is 0.429. The first kappa shape index (κ1) is 27.4. The molecule has 1 aliphatic carbocycles. The van der Waals surface area contributed by atoms with Crippen LogP contribution in [-0.4, -0.2) is 53.6 Å². The Morgan fingerprint density at radius 3 is 2.66 bits per heavy atom. The van der Waals surface area contributed by atoms with Gasteiger partial charge in [-0.1, -0.05) is 24.3 Å². The van der Waals surface area contributed by atoms with Gasteiger partial charge in [0.05, 0.1) is 25.2 Å². The van der Waals surface area contributed by atoms with Crippen LogP contribution in [0.1, 0.15) is 60.2 Å². The normalized spacial score (nSPS) is 17.7. The van der Waals surface area contributed by atoms with E-state index < -0.39 is 23.4 Å². The van der Waals surface area contributed by atoms with E-state index in [2.05, 4.69) is 5.32 Å². The van der Waals surface area contributed by atoms with E-state index in [9.17, 15) is 28.0 Å². The molecule has 2 aliphatic rings. The number of carbonyl (C=O) groups is 4. The number of fused-ring (bicyclic) bond motifs is 1. The molecule has 0 spiro atoms. The predicted molar refractivity (Wildman–Crippen MR) is 133 cm³/mol. The van der Waals surface area contributed by atoms with Crippen LogP contribution >= 0.6 is 0 Å². The molecule has 38 heavy (non-hydrogen) atoms. The maximum absolute atomic E-state index is 14.9. The third-order valence-electron chi connectivity index (χ3n) is 6.56. The molecule has 8 nitrogen and oxygen atoms in total. The van der Waals surface area contributed by atoms with E-state index in [4.69, 9.17) is 9.47 Å². The molecule has 1 aliphatic heterocycles. The van der Waals surface area contributed by atoms with Gasteiger partial charge in [-0.15, -0.1) is 0 Å². The minimum Gasteiger partial charge on any atom is -0.491 e. The molecular formula is C28H30F2N2O6. The molecule has 0 saturated heterocycles. The summed E-state index contributed by atoms with van der Waals surface area (Å²) >= 11 is 0. The smallest absolute Gasteiger partial charge is 0.349 e. The van der Waals surface area contributed by atoms with Crippen molar-refractivity contribution in [3.63, 3.8) is 0 Å². The Labute approximate surface area is 219 Å². The monoisotopic (exact) mass is 528 g/mol. The fourth-order valence-corrected chi connectivity index (χ4v) is 4.60. The predicted octanol–water partition coefficient (Wildman–Crippen LogP) is 3.55. The summed E-state index contributed by atoms with van der Waals surface area (Å²) < 4.78 is 40.7. The molecule has 1 N–H and O–H groups in total. The number of halogens is 2. The highest BCUT2D eigenvalue weighted by molar-refractivity contribution is 6.07. The maximum Gasteiger partial charge on any atom is 0.349 e. The lowest BCUT2D eigenvalue weighted by Gasteiger charge is -2.29. The molecule has 2 amide bonds. The molecule has 4 rings (SSSR count). The van der Waals surface area contributed by atoms with E-state index >= 15 is 0 Å². The van der Waals surface area contributed by atoms with Crippen LogP contribution in [0.3, 0.4) is 0 Å². The molecule has 1 unspecified atom stereocenters.